The fourth-order valence-electron chi connectivity index (χ4n) is 4.37. The summed E-state index contributed by atoms with van der Waals surface area (Å²) in [5, 5.41) is 13.0. The number of pyridine rings is 1. The maximum atomic E-state index is 13.7. The molecule has 6 aromatic rings. The van der Waals surface area contributed by atoms with E-state index in [1.165, 1.54) is 6.07 Å². The Hall–Kier alpha value is -3.81. The third-order valence-electron chi connectivity index (χ3n) is 6.03. The number of aromatic nitrogens is 4. The number of fused-ring (bicyclic) bond motifs is 2. The van der Waals surface area contributed by atoms with Crippen LogP contribution in [0.25, 0.3) is 54.8 Å². The van der Waals surface area contributed by atoms with Crippen LogP contribution >= 0.6 is 11.3 Å². The van der Waals surface area contributed by atoms with Gasteiger partial charge in [0, 0.05) is 51.2 Å². The van der Waals surface area contributed by atoms with Crippen molar-refractivity contribution in [2.45, 2.75) is 13.5 Å². The summed E-state index contributed by atoms with van der Waals surface area (Å²) in [5.74, 6) is 0. The van der Waals surface area contributed by atoms with Crippen molar-refractivity contribution < 1.29 is 4.39 Å². The normalized spacial score (nSPS) is 11.6. The van der Waals surface area contributed by atoms with Gasteiger partial charge in [0.15, 0.2) is 5.13 Å². The van der Waals surface area contributed by atoms with Crippen LogP contribution in [0.15, 0.2) is 73.1 Å². The highest BCUT2D eigenvalue weighted by Crippen LogP contribution is 2.37. The lowest BCUT2D eigenvalue weighted by Crippen LogP contribution is -2.11. The maximum absolute atomic E-state index is 13.7. The van der Waals surface area contributed by atoms with Crippen molar-refractivity contribution in [3.63, 3.8) is 0 Å². The molecule has 0 saturated heterocycles. The zero-order chi connectivity index (χ0) is 23.1. The van der Waals surface area contributed by atoms with Gasteiger partial charge in [0.25, 0.3) is 0 Å². The number of hydrogen-bond acceptors (Lipinski definition) is 4. The zero-order valence-electron chi connectivity index (χ0n) is 18.5. The van der Waals surface area contributed by atoms with E-state index in [2.05, 4.69) is 62.7 Å². The summed E-state index contributed by atoms with van der Waals surface area (Å²) in [7, 11) is 0. The summed E-state index contributed by atoms with van der Waals surface area (Å²) in [6, 6.07) is 20.0. The Morgan fingerprint density at radius 1 is 0.941 bits per heavy atom. The molecule has 4 heterocycles. The fraction of sp³-hybridized carbons (Fsp3) is 0.111. The molecule has 7 heteroatoms. The number of H-pyrrole nitrogens is 2. The fourth-order valence-corrected chi connectivity index (χ4v) is 5.14. The molecule has 0 aliphatic heterocycles. The molecule has 0 fully saturated rings. The van der Waals surface area contributed by atoms with Crippen LogP contribution < -0.4 is 5.32 Å². The van der Waals surface area contributed by atoms with Crippen LogP contribution in [0.3, 0.4) is 0 Å². The second kappa shape index (κ2) is 8.52. The van der Waals surface area contributed by atoms with Crippen LogP contribution in [0.2, 0.25) is 0 Å². The third kappa shape index (κ3) is 3.69. The minimum Gasteiger partial charge on any atom is -0.353 e. The van der Waals surface area contributed by atoms with Crippen molar-refractivity contribution in [3.8, 4) is 33.0 Å². The Morgan fingerprint density at radius 3 is 2.74 bits per heavy atom. The molecule has 0 atom stereocenters. The molecule has 0 bridgehead atoms. The molecule has 6 rings (SSSR count). The van der Waals surface area contributed by atoms with Crippen molar-refractivity contribution in [1.82, 2.24) is 25.5 Å². The highest BCUT2D eigenvalue weighted by molar-refractivity contribution is 7.14. The van der Waals surface area contributed by atoms with E-state index in [9.17, 15) is 4.39 Å². The number of aromatic amines is 2. The van der Waals surface area contributed by atoms with Gasteiger partial charge in [0.05, 0.1) is 11.2 Å². The predicted octanol–water partition coefficient (Wildman–Crippen LogP) is 6.75. The molecule has 2 aromatic carbocycles. The van der Waals surface area contributed by atoms with Crippen LogP contribution in [0.5, 0.6) is 0 Å². The molecule has 4 aromatic heterocycles. The first-order chi connectivity index (χ1) is 16.7. The van der Waals surface area contributed by atoms with Gasteiger partial charge in [-0.05, 0) is 60.1 Å². The average molecular weight is 468 g/mol. The average Bonchev–Trinajstić information content (AvgIpc) is 3.59. The standard InChI is InChI=1S/C27H22FN5S/c1-2-29-13-16-10-18(15-30-14-16)17-6-7-23-21(11-17)27(33-32-23)24-12-20-19(4-3-5-22(20)31-24)25-8-9-26(28)34-25/h3-12,14-15,29,31H,2,13H2,1H3,(H,32,33). The van der Waals surface area contributed by atoms with Crippen molar-refractivity contribution in [1.29, 1.82) is 0 Å². The van der Waals surface area contributed by atoms with Gasteiger partial charge in [0.2, 0.25) is 0 Å². The lowest BCUT2D eigenvalue weighted by atomic mass is 10.0. The number of halogens is 1. The predicted molar refractivity (Wildman–Crippen MR) is 137 cm³/mol. The number of benzene rings is 2. The highest BCUT2D eigenvalue weighted by Gasteiger charge is 2.15. The Morgan fingerprint density at radius 2 is 1.88 bits per heavy atom. The van der Waals surface area contributed by atoms with E-state index >= 15 is 0 Å². The van der Waals surface area contributed by atoms with Crippen molar-refractivity contribution in [2.75, 3.05) is 6.54 Å². The van der Waals surface area contributed by atoms with Crippen LogP contribution in [-0.4, -0.2) is 26.7 Å². The molecule has 0 amide bonds. The highest BCUT2D eigenvalue weighted by atomic mass is 32.1. The van der Waals surface area contributed by atoms with E-state index in [1.807, 2.05) is 36.7 Å². The quantitative estimate of drug-likeness (QED) is 0.254. The van der Waals surface area contributed by atoms with Gasteiger partial charge in [-0.25, -0.2) is 0 Å². The number of nitrogens with zero attached hydrogens (tertiary/aromatic N) is 2. The summed E-state index contributed by atoms with van der Waals surface area (Å²) in [6.07, 6.45) is 3.79. The minimum atomic E-state index is -0.183. The van der Waals surface area contributed by atoms with Gasteiger partial charge in [0.1, 0.15) is 5.69 Å². The first kappa shape index (κ1) is 20.8. The molecule has 3 N–H and O–H groups in total. The summed E-state index contributed by atoms with van der Waals surface area (Å²) < 4.78 is 13.7. The minimum absolute atomic E-state index is 0.183. The van der Waals surface area contributed by atoms with Crippen molar-refractivity contribution in [2.24, 2.45) is 0 Å². The van der Waals surface area contributed by atoms with Crippen LogP contribution in [-0.2, 0) is 6.54 Å². The molecule has 0 aliphatic carbocycles. The molecule has 0 unspecified atom stereocenters. The van der Waals surface area contributed by atoms with Crippen molar-refractivity contribution >= 4 is 33.1 Å². The summed E-state index contributed by atoms with van der Waals surface area (Å²) in [6.45, 7) is 3.81. The van der Waals surface area contributed by atoms with Gasteiger partial charge < -0.3 is 10.3 Å². The van der Waals surface area contributed by atoms with E-state index < -0.39 is 0 Å². The lowest BCUT2D eigenvalue weighted by molar-refractivity contribution is 0.657. The summed E-state index contributed by atoms with van der Waals surface area (Å²) in [4.78, 5) is 8.85. The monoisotopic (exact) mass is 467 g/mol. The molecule has 34 heavy (non-hydrogen) atoms. The van der Waals surface area contributed by atoms with Crippen molar-refractivity contribution in [3.05, 3.63) is 83.8 Å². The third-order valence-corrected chi connectivity index (χ3v) is 6.94. The van der Waals surface area contributed by atoms with E-state index in [0.29, 0.717) is 0 Å². The number of thiophene rings is 1. The van der Waals surface area contributed by atoms with Gasteiger partial charge in [-0.2, -0.15) is 9.49 Å². The molecule has 168 valence electrons. The molecular formula is C27H22FN5S. The molecule has 0 saturated carbocycles. The van der Waals surface area contributed by atoms with Gasteiger partial charge in [-0.15, -0.1) is 11.3 Å². The Balaban J connectivity index is 1.44. The Kier molecular flexibility index (Phi) is 5.20. The van der Waals surface area contributed by atoms with Gasteiger partial charge in [-0.1, -0.05) is 25.1 Å². The van der Waals surface area contributed by atoms with E-state index in [4.69, 9.17) is 0 Å². The van der Waals surface area contributed by atoms with Gasteiger partial charge >= 0.3 is 0 Å². The van der Waals surface area contributed by atoms with E-state index in [-0.39, 0.29) is 5.13 Å². The maximum Gasteiger partial charge on any atom is 0.176 e. The first-order valence-corrected chi connectivity index (χ1v) is 12.0. The lowest BCUT2D eigenvalue weighted by Gasteiger charge is -2.06. The zero-order valence-corrected chi connectivity index (χ0v) is 19.3. The van der Waals surface area contributed by atoms with Crippen LogP contribution in [0, 0.1) is 5.13 Å². The molecular weight excluding hydrogens is 445 g/mol. The van der Waals surface area contributed by atoms with E-state index in [0.717, 1.165) is 84.8 Å². The summed E-state index contributed by atoms with van der Waals surface area (Å²) in [5.41, 5.74) is 8.06. The molecule has 0 radical (unpaired) electrons. The first-order valence-electron chi connectivity index (χ1n) is 11.2. The van der Waals surface area contributed by atoms with E-state index in [1.54, 1.807) is 0 Å². The summed E-state index contributed by atoms with van der Waals surface area (Å²) >= 11 is 1.16. The Bertz CT molecular complexity index is 1630. The smallest absolute Gasteiger partial charge is 0.176 e. The molecule has 0 aliphatic rings. The number of nitrogens with one attached hydrogen (secondary N) is 3. The number of rotatable bonds is 6. The van der Waals surface area contributed by atoms with Crippen LogP contribution in [0.1, 0.15) is 12.5 Å². The Labute approximate surface area is 199 Å². The molecule has 0 spiro atoms. The largest absolute Gasteiger partial charge is 0.353 e. The second-order valence-electron chi connectivity index (χ2n) is 8.25. The van der Waals surface area contributed by atoms with Gasteiger partial charge in [-0.3, -0.25) is 10.1 Å². The SMILES string of the molecule is CCNCc1cncc(-c2ccc3[nH]nc(-c4cc5c(-c6ccc(F)s6)cccc5[nH]4)c3c2)c1. The van der Waals surface area contributed by atoms with Crippen LogP contribution in [0.4, 0.5) is 4.39 Å². The number of hydrogen-bond donors (Lipinski definition) is 3. The molecule has 5 nitrogen and oxygen atoms in total. The second-order valence-corrected chi connectivity index (χ2v) is 9.28. The topological polar surface area (TPSA) is 69.4 Å².